The van der Waals surface area contributed by atoms with Crippen LogP contribution in [0.25, 0.3) is 0 Å². The topological polar surface area (TPSA) is 20.2 Å². The number of fused-ring (bicyclic) bond motifs is 2. The van der Waals surface area contributed by atoms with Gasteiger partial charge >= 0.3 is 0 Å². The van der Waals surface area contributed by atoms with Gasteiger partial charge in [-0.1, -0.05) is 6.08 Å². The van der Waals surface area contributed by atoms with E-state index in [1.165, 1.54) is 19.3 Å². The third kappa shape index (κ3) is 1.02. The molecule has 0 saturated heterocycles. The van der Waals surface area contributed by atoms with Crippen molar-refractivity contribution in [2.24, 2.45) is 17.8 Å². The van der Waals surface area contributed by atoms with Crippen LogP contribution in [0.4, 0.5) is 0 Å². The molecule has 2 saturated carbocycles. The third-order valence-electron chi connectivity index (χ3n) is 3.48. The second kappa shape index (κ2) is 2.63. The van der Waals surface area contributed by atoms with Crippen LogP contribution in [-0.2, 0) is 0 Å². The summed E-state index contributed by atoms with van der Waals surface area (Å²) in [7, 11) is 0. The monoisotopic (exact) mass is 152 g/mol. The van der Waals surface area contributed by atoms with Crippen molar-refractivity contribution in [3.8, 4) is 0 Å². The van der Waals surface area contributed by atoms with E-state index in [0.29, 0.717) is 11.8 Å². The number of hydrogen-bond acceptors (Lipinski definition) is 1. The van der Waals surface area contributed by atoms with E-state index >= 15 is 0 Å². The summed E-state index contributed by atoms with van der Waals surface area (Å²) in [6, 6.07) is 0. The molecule has 1 nitrogen and oxygen atoms in total. The molecule has 0 heterocycles. The van der Waals surface area contributed by atoms with Gasteiger partial charge in [0.1, 0.15) is 0 Å². The van der Waals surface area contributed by atoms with Gasteiger partial charge in [0.05, 0.1) is 6.10 Å². The van der Waals surface area contributed by atoms with Gasteiger partial charge in [-0.15, -0.1) is 6.58 Å². The van der Waals surface area contributed by atoms with Crippen LogP contribution < -0.4 is 0 Å². The molecule has 2 aliphatic carbocycles. The largest absolute Gasteiger partial charge is 0.393 e. The number of rotatable bonds is 2. The van der Waals surface area contributed by atoms with E-state index in [2.05, 4.69) is 6.58 Å². The van der Waals surface area contributed by atoms with Crippen molar-refractivity contribution in [3.63, 3.8) is 0 Å². The molecular formula is C10H16O. The molecule has 11 heavy (non-hydrogen) atoms. The molecule has 0 spiro atoms. The minimum Gasteiger partial charge on any atom is -0.393 e. The predicted molar refractivity (Wildman–Crippen MR) is 45.1 cm³/mol. The van der Waals surface area contributed by atoms with Gasteiger partial charge in [0.25, 0.3) is 0 Å². The van der Waals surface area contributed by atoms with Gasteiger partial charge in [0, 0.05) is 0 Å². The molecule has 0 aromatic heterocycles. The first-order chi connectivity index (χ1) is 5.33. The maximum absolute atomic E-state index is 9.76. The Balaban J connectivity index is 2.05. The number of allylic oxidation sites excluding steroid dienone is 1. The van der Waals surface area contributed by atoms with Gasteiger partial charge in [0.2, 0.25) is 0 Å². The zero-order valence-corrected chi connectivity index (χ0v) is 6.87. The van der Waals surface area contributed by atoms with Crippen LogP contribution >= 0.6 is 0 Å². The maximum atomic E-state index is 9.76. The Kier molecular flexibility index (Phi) is 1.76. The van der Waals surface area contributed by atoms with Gasteiger partial charge in [-0.2, -0.15) is 0 Å². The Hall–Kier alpha value is -0.300. The van der Waals surface area contributed by atoms with E-state index < -0.39 is 0 Å². The Morgan fingerprint density at radius 1 is 1.36 bits per heavy atom. The lowest BCUT2D eigenvalue weighted by Crippen LogP contribution is -2.26. The minimum absolute atomic E-state index is 0.00764. The molecule has 0 aromatic carbocycles. The molecule has 4 atom stereocenters. The maximum Gasteiger partial charge on any atom is 0.0602 e. The number of hydrogen-bond donors (Lipinski definition) is 1. The molecule has 2 aliphatic rings. The molecule has 0 aliphatic heterocycles. The summed E-state index contributed by atoms with van der Waals surface area (Å²) in [5.41, 5.74) is 0. The quantitative estimate of drug-likeness (QED) is 0.600. The number of aliphatic hydroxyl groups excluding tert-OH is 1. The second-order valence-electron chi connectivity index (χ2n) is 4.01. The lowest BCUT2D eigenvalue weighted by molar-refractivity contribution is 0.0604. The molecule has 2 fully saturated rings. The first-order valence-corrected chi connectivity index (χ1v) is 4.62. The van der Waals surface area contributed by atoms with Gasteiger partial charge < -0.3 is 5.11 Å². The lowest BCUT2D eigenvalue weighted by atomic mass is 9.84. The third-order valence-corrected chi connectivity index (χ3v) is 3.48. The fourth-order valence-corrected chi connectivity index (χ4v) is 2.90. The highest BCUT2D eigenvalue weighted by atomic mass is 16.3. The predicted octanol–water partition coefficient (Wildman–Crippen LogP) is 1.97. The fourth-order valence-electron chi connectivity index (χ4n) is 2.90. The summed E-state index contributed by atoms with van der Waals surface area (Å²) >= 11 is 0. The Morgan fingerprint density at radius 2 is 2.09 bits per heavy atom. The van der Waals surface area contributed by atoms with E-state index in [0.717, 1.165) is 12.3 Å². The fraction of sp³-hybridized carbons (Fsp3) is 0.800. The summed E-state index contributed by atoms with van der Waals surface area (Å²) in [6.45, 7) is 3.73. The first-order valence-electron chi connectivity index (χ1n) is 4.62. The Morgan fingerprint density at radius 3 is 2.64 bits per heavy atom. The van der Waals surface area contributed by atoms with Gasteiger partial charge in [-0.05, 0) is 43.4 Å². The van der Waals surface area contributed by atoms with Crippen molar-refractivity contribution < 1.29 is 5.11 Å². The highest BCUT2D eigenvalue weighted by Gasteiger charge is 2.45. The van der Waals surface area contributed by atoms with Crippen molar-refractivity contribution in [2.45, 2.75) is 31.8 Å². The van der Waals surface area contributed by atoms with E-state index in [9.17, 15) is 5.11 Å². The van der Waals surface area contributed by atoms with E-state index in [1.807, 2.05) is 6.08 Å². The van der Waals surface area contributed by atoms with Crippen molar-refractivity contribution in [2.75, 3.05) is 0 Å². The molecule has 0 radical (unpaired) electrons. The van der Waals surface area contributed by atoms with Crippen LogP contribution in [-0.4, -0.2) is 11.2 Å². The van der Waals surface area contributed by atoms with Crippen LogP contribution in [0, 0.1) is 17.8 Å². The van der Waals surface area contributed by atoms with Crippen molar-refractivity contribution in [1.29, 1.82) is 0 Å². The standard InChI is InChI=1S/C10H16O/c1-2-3-9-7-4-5-8(6-7)10(9)11/h2,7-11H,1,3-6H2/t7-,8+,9+,10-/m1/s1. The molecular weight excluding hydrogens is 136 g/mol. The van der Waals surface area contributed by atoms with Crippen molar-refractivity contribution in [3.05, 3.63) is 12.7 Å². The molecule has 2 rings (SSSR count). The summed E-state index contributed by atoms with van der Waals surface area (Å²) in [5.74, 6) is 1.99. The average Bonchev–Trinajstić information content (AvgIpc) is 2.54. The molecule has 1 N–H and O–H groups in total. The molecule has 0 aromatic rings. The zero-order valence-electron chi connectivity index (χ0n) is 6.87. The summed E-state index contributed by atoms with van der Waals surface area (Å²) in [6.07, 6.45) is 6.85. The molecule has 62 valence electrons. The second-order valence-corrected chi connectivity index (χ2v) is 4.01. The Labute approximate surface area is 68.1 Å². The summed E-state index contributed by atoms with van der Waals surface area (Å²) < 4.78 is 0. The van der Waals surface area contributed by atoms with Crippen LogP contribution in [0.15, 0.2) is 12.7 Å². The van der Waals surface area contributed by atoms with E-state index in [1.54, 1.807) is 0 Å². The molecule has 2 bridgehead atoms. The van der Waals surface area contributed by atoms with Gasteiger partial charge in [0.15, 0.2) is 0 Å². The van der Waals surface area contributed by atoms with Gasteiger partial charge in [-0.25, -0.2) is 0 Å². The summed E-state index contributed by atoms with van der Waals surface area (Å²) in [4.78, 5) is 0. The minimum atomic E-state index is -0.00764. The normalized spacial score (nSPS) is 48.1. The van der Waals surface area contributed by atoms with Crippen molar-refractivity contribution >= 4 is 0 Å². The van der Waals surface area contributed by atoms with Crippen LogP contribution in [0.5, 0.6) is 0 Å². The average molecular weight is 152 g/mol. The molecule has 0 unspecified atom stereocenters. The summed E-state index contributed by atoms with van der Waals surface area (Å²) in [5, 5.41) is 9.76. The first kappa shape index (κ1) is 7.35. The highest BCUT2D eigenvalue weighted by molar-refractivity contribution is 4.98. The zero-order chi connectivity index (χ0) is 7.84. The smallest absolute Gasteiger partial charge is 0.0602 e. The van der Waals surface area contributed by atoms with E-state index in [-0.39, 0.29) is 6.10 Å². The lowest BCUT2D eigenvalue weighted by Gasteiger charge is -2.25. The van der Waals surface area contributed by atoms with Crippen LogP contribution in [0.3, 0.4) is 0 Å². The Bertz CT molecular complexity index is 162. The molecule has 0 amide bonds. The van der Waals surface area contributed by atoms with E-state index in [4.69, 9.17) is 0 Å². The highest BCUT2D eigenvalue weighted by Crippen LogP contribution is 2.49. The SMILES string of the molecule is C=CC[C@H]1[C@@H]2CC[C@@H](C2)[C@H]1O. The van der Waals surface area contributed by atoms with Crippen LogP contribution in [0.1, 0.15) is 25.7 Å². The van der Waals surface area contributed by atoms with Crippen LogP contribution in [0.2, 0.25) is 0 Å². The van der Waals surface area contributed by atoms with Gasteiger partial charge in [-0.3, -0.25) is 0 Å². The van der Waals surface area contributed by atoms with Crippen molar-refractivity contribution in [1.82, 2.24) is 0 Å². The molecule has 1 heteroatoms. The number of aliphatic hydroxyl groups is 1.